The summed E-state index contributed by atoms with van der Waals surface area (Å²) >= 11 is 0. The first-order chi connectivity index (χ1) is 69.8. The van der Waals surface area contributed by atoms with E-state index in [4.69, 9.17) is 82.4 Å². The lowest BCUT2D eigenvalue weighted by Crippen LogP contribution is -2.41. The summed E-state index contributed by atoms with van der Waals surface area (Å²) in [6.45, 7) is 25.7. The highest BCUT2D eigenvalue weighted by Gasteiger charge is 2.54. The maximum absolute atomic E-state index is 12.7. The number of aldehydes is 5. The number of hydrogen-bond donors (Lipinski definition) is 4. The molecule has 0 bridgehead atoms. The number of alkyl halides is 4. The number of nitrogens with zero attached hydrogens (tertiary/aromatic N) is 1. The average molecular weight is 2030 g/mol. The van der Waals surface area contributed by atoms with Crippen LogP contribution in [-0.2, 0) is 69.5 Å². The van der Waals surface area contributed by atoms with Gasteiger partial charge in [-0.05, 0) is 173 Å². The van der Waals surface area contributed by atoms with E-state index in [0.717, 1.165) is 86.6 Å². The number of phenols is 3. The molecule has 2 heterocycles. The third kappa shape index (κ3) is 36.8. The number of aromatic hydroxyl groups is 3. The maximum atomic E-state index is 12.7. The third-order valence-electron chi connectivity index (χ3n) is 22.3. The molecule has 0 amide bonds. The van der Waals surface area contributed by atoms with E-state index in [9.17, 15) is 70.2 Å². The van der Waals surface area contributed by atoms with Crippen LogP contribution >= 0.6 is 0 Å². The standard InChI is InChI=1S/C24H31BO5.C19H22BNO6.C19H19F3O6S.C18H20O4.C10H12O3.C9H12O2.C8H8O3.CH3F/c1-18-12-13-20(16-26)21(25-29-23(2,3)24(4,5)30-25)22(18)28-15-9-14-27-17-19-10-7-6-8-11-19;1-14-8-9-16-17(12-21(23)24)27-20(22)18(16)19(14)26-11-5-10-25-13-15-6-3-2-4-7-15;1-14-8-9-16(12-23)18(28-29(24,25)19(20,21)22)17(14)27-11-5-10-26-13-15-6-3-2-4-7-15;1-14-8-9-16(12-19)17(20)18(14)22-11-5-10-21-13-15-6-3-2-4-7-15;1-7-4-5-8(6-11)10(13-3)9(7)12-2;1-7-5-4-6-8(10-2)9(7)11-3;1-5-2-3-6(4-9)8(11)7(5)10;1-2/h6-8,10-13,16H,9,14-15,17H2,1-5H3;2-4,6-9,17,22H,5,10-13H2,1H3;2-4,6-9,12H,5,10-11,13H2,1H3;2-4,6-9,12,20H,5,10-11,13H2,1H3;4-6H,1-3H3;4-6H,1-3H3;2-4,10-11H,1H3;1H3/i;;;;;;;1D. The molecule has 1 unspecified atom stereocenters. The maximum Gasteiger partial charge on any atom is 0.534 e. The number of ether oxygens (including phenoxy) is 12. The number of carbonyl (C=O) groups is 5. The Labute approximate surface area is 846 Å². The Bertz CT molecular complexity index is 6020. The molecule has 0 saturated carbocycles. The first-order valence-corrected chi connectivity index (χ1v) is 47.3. The molecule has 0 radical (unpaired) electrons. The summed E-state index contributed by atoms with van der Waals surface area (Å²) in [6, 6.07) is 64.9. The lowest BCUT2D eigenvalue weighted by Gasteiger charge is -2.32. The van der Waals surface area contributed by atoms with Gasteiger partial charge in [0.25, 0.3) is 0 Å². The largest absolute Gasteiger partial charge is 0.534 e. The van der Waals surface area contributed by atoms with E-state index in [1.807, 2.05) is 220 Å². The quantitative estimate of drug-likeness (QED) is 0.00318. The second-order valence-electron chi connectivity index (χ2n) is 33.3. The van der Waals surface area contributed by atoms with Crippen LogP contribution in [0.25, 0.3) is 0 Å². The Morgan fingerprint density at radius 1 is 0.407 bits per heavy atom. The van der Waals surface area contributed by atoms with Gasteiger partial charge < -0.3 is 95.3 Å². The Morgan fingerprint density at radius 3 is 1.13 bits per heavy atom. The van der Waals surface area contributed by atoms with Crippen molar-refractivity contribution in [3.63, 3.8) is 0 Å². The molecule has 11 aromatic carbocycles. The summed E-state index contributed by atoms with van der Waals surface area (Å²) < 4.78 is 164. The number of halogens is 4. The fourth-order valence-corrected chi connectivity index (χ4v) is 14.4. The molecule has 11 aromatic rings. The number of carbonyl (C=O) groups excluding carboxylic acids is 5. The van der Waals surface area contributed by atoms with Crippen LogP contribution in [-0.4, -0.2) is 191 Å². The van der Waals surface area contributed by atoms with Crippen molar-refractivity contribution in [1.82, 2.24) is 0 Å². The average Bonchev–Trinajstić information content (AvgIpc) is 1.57. The number of rotatable bonds is 42. The van der Waals surface area contributed by atoms with Crippen LogP contribution in [0.3, 0.4) is 0 Å². The Kier molecular flexibility index (Phi) is 50.1. The van der Waals surface area contributed by atoms with Gasteiger partial charge in [0.2, 0.25) is 6.54 Å². The Hall–Kier alpha value is -13.8. The van der Waals surface area contributed by atoms with E-state index in [-0.39, 0.29) is 59.1 Å². The lowest BCUT2D eigenvalue weighted by atomic mass is 9.74. The smallest absolute Gasteiger partial charge is 0.504 e. The number of phenolic OH excluding ortho intramolecular Hbond substituents is 3. The van der Waals surface area contributed by atoms with Crippen molar-refractivity contribution in [2.24, 2.45) is 0 Å². The first kappa shape index (κ1) is 118. The van der Waals surface area contributed by atoms with Crippen LogP contribution in [0.1, 0.15) is 179 Å². The van der Waals surface area contributed by atoms with Gasteiger partial charge >= 0.3 is 29.9 Å². The summed E-state index contributed by atoms with van der Waals surface area (Å²) in [4.78, 5) is 64.9. The molecule has 145 heavy (non-hydrogen) atoms. The topological polar surface area (TPSA) is 391 Å². The summed E-state index contributed by atoms with van der Waals surface area (Å²) in [5.74, 6) is 2.57. The van der Waals surface area contributed by atoms with E-state index in [1.54, 1.807) is 64.7 Å². The van der Waals surface area contributed by atoms with Gasteiger partial charge in [-0.25, -0.2) is 0 Å². The second kappa shape index (κ2) is 61.4. The molecular weight excluding hydrogens is 1900 g/mol. The zero-order valence-electron chi connectivity index (χ0n) is 84.9. The van der Waals surface area contributed by atoms with Gasteiger partial charge in [-0.3, -0.25) is 38.5 Å². The highest BCUT2D eigenvalue weighted by Crippen LogP contribution is 2.42. The van der Waals surface area contributed by atoms with E-state index in [0.29, 0.717) is 172 Å². The molecule has 37 heteroatoms. The fraction of sp³-hybridized carbons (Fsp3) is 0.343. The van der Waals surface area contributed by atoms with E-state index in [2.05, 4.69) is 4.18 Å². The van der Waals surface area contributed by atoms with Crippen molar-refractivity contribution >= 4 is 66.7 Å². The SMILES string of the molecule is COc1c(C)ccc(C=O)c1OC.COc1cccc(C)c1OC.Cc1ccc(C=O)c(B2OC(C)(C)C(C)(C)O2)c1OCCCOCc1ccccc1.Cc1ccc(C=O)c(O)c1O.Cc1ccc(C=O)c(O)c1OCCCOCc1ccccc1.Cc1ccc(C=O)c(OS(=O)(=O)C(F)(F)F)c1OCCCOCc1ccccc1.Cc1ccc2c(c1OCCCOCc1ccccc1)B(O)OC2C[N+](=O)[O-].[2H]CF. The van der Waals surface area contributed by atoms with Crippen molar-refractivity contribution in [1.29, 1.82) is 0 Å². The lowest BCUT2D eigenvalue weighted by molar-refractivity contribution is -0.490. The van der Waals surface area contributed by atoms with Crippen molar-refractivity contribution in [3.05, 3.63) is 317 Å². The summed E-state index contributed by atoms with van der Waals surface area (Å²) in [7, 11) is -2.47. The fourth-order valence-electron chi connectivity index (χ4n) is 13.9. The molecule has 30 nitrogen and oxygen atoms in total. The van der Waals surface area contributed by atoms with Crippen molar-refractivity contribution in [2.45, 2.75) is 151 Å². The minimum absolute atomic E-state index is 0.0143. The second-order valence-corrected chi connectivity index (χ2v) is 34.9. The number of nitro groups is 1. The molecule has 13 rings (SSSR count). The van der Waals surface area contributed by atoms with Gasteiger partial charge in [0.05, 0.1) is 150 Å². The number of aryl methyl sites for hydroxylation is 7. The molecule has 778 valence electrons. The van der Waals surface area contributed by atoms with Crippen molar-refractivity contribution in [3.8, 4) is 69.0 Å². The number of hydrogen-bond acceptors (Lipinski definition) is 29. The number of para-hydroxylation sites is 1. The molecule has 0 aromatic heterocycles. The first-order valence-electron chi connectivity index (χ1n) is 46.6. The molecule has 2 aliphatic rings. The normalized spacial score (nSPS) is 12.8. The molecule has 1 atom stereocenters. The van der Waals surface area contributed by atoms with Gasteiger partial charge in [-0.2, -0.15) is 21.6 Å². The molecule has 0 spiro atoms. The molecule has 0 aliphatic carbocycles. The van der Waals surface area contributed by atoms with Crippen LogP contribution < -0.4 is 53.0 Å². The Balaban J connectivity index is 0.000000267. The van der Waals surface area contributed by atoms with Gasteiger partial charge in [0.15, 0.2) is 82.6 Å². The Morgan fingerprint density at radius 2 is 0.745 bits per heavy atom. The van der Waals surface area contributed by atoms with Crippen LogP contribution in [0, 0.1) is 58.6 Å². The monoisotopic (exact) mass is 2030 g/mol. The zero-order chi connectivity index (χ0) is 108. The van der Waals surface area contributed by atoms with E-state index < -0.39 is 65.0 Å². The van der Waals surface area contributed by atoms with E-state index in [1.165, 1.54) is 26.2 Å². The summed E-state index contributed by atoms with van der Waals surface area (Å²) in [5, 5.41) is 49.1. The van der Waals surface area contributed by atoms with Crippen LogP contribution in [0.15, 0.2) is 212 Å². The number of fused-ring (bicyclic) bond motifs is 1. The predicted octanol–water partition coefficient (Wildman–Crippen LogP) is 19.3. The minimum atomic E-state index is -5.96. The van der Waals surface area contributed by atoms with Crippen molar-refractivity contribution in [2.75, 3.05) is 95.0 Å². The summed E-state index contributed by atoms with van der Waals surface area (Å²) in [6.07, 6.45) is 4.62. The van der Waals surface area contributed by atoms with Gasteiger partial charge in [-0.15, -0.1) is 0 Å². The number of benzene rings is 11. The van der Waals surface area contributed by atoms with E-state index >= 15 is 0 Å². The van der Waals surface area contributed by atoms with Crippen LogP contribution in [0.5, 0.6) is 69.0 Å². The molecule has 4 N–H and O–H groups in total. The zero-order valence-corrected chi connectivity index (χ0v) is 84.7. The molecule has 1 saturated heterocycles. The highest BCUT2D eigenvalue weighted by molar-refractivity contribution is 7.88. The van der Waals surface area contributed by atoms with Crippen molar-refractivity contribution < 1.29 is 152 Å². The number of methoxy groups -OCH3 is 4. The van der Waals surface area contributed by atoms with Gasteiger partial charge in [0, 0.05) is 47.1 Å². The molecule has 1 fully saturated rings. The molecular formula is C108H127B2F4NO29S. The predicted molar refractivity (Wildman–Crippen MR) is 543 cm³/mol. The van der Waals surface area contributed by atoms with Gasteiger partial charge in [-0.1, -0.05) is 182 Å². The van der Waals surface area contributed by atoms with Crippen LogP contribution in [0.2, 0.25) is 0 Å². The van der Waals surface area contributed by atoms with Crippen LogP contribution in [0.4, 0.5) is 17.6 Å². The highest BCUT2D eigenvalue weighted by atomic mass is 32.2. The summed E-state index contributed by atoms with van der Waals surface area (Å²) in [5.41, 5.74) is 6.00. The minimum Gasteiger partial charge on any atom is -0.504 e. The molecule has 2 aliphatic heterocycles. The third-order valence-corrected chi connectivity index (χ3v) is 23.2. The van der Waals surface area contributed by atoms with Gasteiger partial charge in [0.1, 0.15) is 23.9 Å².